The lowest BCUT2D eigenvalue weighted by Gasteiger charge is -2.11. The molecule has 0 radical (unpaired) electrons. The van der Waals surface area contributed by atoms with Gasteiger partial charge in [-0.1, -0.05) is 71.9 Å². The van der Waals surface area contributed by atoms with Crippen LogP contribution in [0.1, 0.15) is 11.4 Å². The van der Waals surface area contributed by atoms with Gasteiger partial charge in [-0.05, 0) is 42.0 Å². The second-order valence-corrected chi connectivity index (χ2v) is 7.58. The molecular weight excluding hydrogens is 388 g/mol. The third-order valence-electron chi connectivity index (χ3n) is 4.22. The van der Waals surface area contributed by atoms with E-state index in [1.807, 2.05) is 48.5 Å². The van der Waals surface area contributed by atoms with Gasteiger partial charge < -0.3 is 5.32 Å². The standard InChI is InChI=1S/C22H19ClN4S/c23-18-11-13-19(14-12-18)24-15-21-25-26-22(27(21)20-9-5-2-6-10-20)28-16-17-7-3-1-4-8-17/h1-14,24H,15-16H2. The molecule has 0 saturated carbocycles. The highest BCUT2D eigenvalue weighted by molar-refractivity contribution is 7.98. The Labute approximate surface area is 173 Å². The van der Waals surface area contributed by atoms with Gasteiger partial charge in [0.25, 0.3) is 0 Å². The number of hydrogen-bond acceptors (Lipinski definition) is 4. The first kappa shape index (κ1) is 18.6. The molecule has 1 N–H and O–H groups in total. The van der Waals surface area contributed by atoms with Gasteiger partial charge in [0.15, 0.2) is 11.0 Å². The van der Waals surface area contributed by atoms with Crippen LogP contribution in [0, 0.1) is 0 Å². The van der Waals surface area contributed by atoms with Gasteiger partial charge in [0.2, 0.25) is 0 Å². The summed E-state index contributed by atoms with van der Waals surface area (Å²) in [5.41, 5.74) is 3.30. The molecule has 0 amide bonds. The number of aromatic nitrogens is 3. The molecule has 28 heavy (non-hydrogen) atoms. The molecule has 0 spiro atoms. The highest BCUT2D eigenvalue weighted by Crippen LogP contribution is 2.25. The van der Waals surface area contributed by atoms with Crippen LogP contribution in [-0.4, -0.2) is 14.8 Å². The molecule has 1 heterocycles. The summed E-state index contributed by atoms with van der Waals surface area (Å²) in [6, 6.07) is 28.2. The van der Waals surface area contributed by atoms with E-state index >= 15 is 0 Å². The molecular formula is C22H19ClN4S. The Morgan fingerprint density at radius 3 is 2.21 bits per heavy atom. The number of nitrogens with zero attached hydrogens (tertiary/aromatic N) is 3. The Morgan fingerprint density at radius 1 is 0.821 bits per heavy atom. The van der Waals surface area contributed by atoms with Crippen molar-refractivity contribution in [2.75, 3.05) is 5.32 Å². The van der Waals surface area contributed by atoms with Crippen molar-refractivity contribution in [3.05, 3.63) is 101 Å². The maximum atomic E-state index is 5.97. The summed E-state index contributed by atoms with van der Waals surface area (Å²) < 4.78 is 2.11. The van der Waals surface area contributed by atoms with Crippen LogP contribution in [0.4, 0.5) is 5.69 Å². The van der Waals surface area contributed by atoms with Gasteiger partial charge in [0.05, 0.1) is 6.54 Å². The van der Waals surface area contributed by atoms with E-state index in [1.54, 1.807) is 11.8 Å². The van der Waals surface area contributed by atoms with E-state index in [2.05, 4.69) is 56.5 Å². The first-order chi connectivity index (χ1) is 13.8. The fourth-order valence-corrected chi connectivity index (χ4v) is 3.87. The lowest BCUT2D eigenvalue weighted by Crippen LogP contribution is -2.08. The minimum Gasteiger partial charge on any atom is -0.378 e. The van der Waals surface area contributed by atoms with Gasteiger partial charge in [0.1, 0.15) is 0 Å². The number of para-hydroxylation sites is 1. The van der Waals surface area contributed by atoms with Crippen LogP contribution in [0.15, 0.2) is 90.1 Å². The molecule has 0 bridgehead atoms. The summed E-state index contributed by atoms with van der Waals surface area (Å²) in [4.78, 5) is 0. The van der Waals surface area contributed by atoms with Crippen molar-refractivity contribution in [3.8, 4) is 5.69 Å². The zero-order chi connectivity index (χ0) is 19.2. The van der Waals surface area contributed by atoms with Gasteiger partial charge >= 0.3 is 0 Å². The quantitative estimate of drug-likeness (QED) is 0.392. The second kappa shape index (κ2) is 8.95. The number of benzene rings is 3. The zero-order valence-corrected chi connectivity index (χ0v) is 16.7. The maximum absolute atomic E-state index is 5.97. The molecule has 3 aromatic carbocycles. The lowest BCUT2D eigenvalue weighted by molar-refractivity contribution is 0.841. The lowest BCUT2D eigenvalue weighted by atomic mass is 10.2. The molecule has 4 rings (SSSR count). The van der Waals surface area contributed by atoms with Crippen LogP contribution in [-0.2, 0) is 12.3 Å². The normalized spacial score (nSPS) is 10.8. The van der Waals surface area contributed by atoms with Crippen molar-refractivity contribution in [2.45, 2.75) is 17.5 Å². The summed E-state index contributed by atoms with van der Waals surface area (Å²) in [7, 11) is 0. The monoisotopic (exact) mass is 406 g/mol. The number of thioether (sulfide) groups is 1. The molecule has 4 aromatic rings. The highest BCUT2D eigenvalue weighted by Gasteiger charge is 2.14. The van der Waals surface area contributed by atoms with E-state index in [4.69, 9.17) is 11.6 Å². The zero-order valence-electron chi connectivity index (χ0n) is 15.1. The van der Waals surface area contributed by atoms with Crippen LogP contribution in [0.2, 0.25) is 5.02 Å². The van der Waals surface area contributed by atoms with Crippen molar-refractivity contribution in [1.29, 1.82) is 0 Å². The number of halogens is 1. The Morgan fingerprint density at radius 2 is 1.50 bits per heavy atom. The first-order valence-corrected chi connectivity index (χ1v) is 10.3. The Balaban J connectivity index is 1.57. The first-order valence-electron chi connectivity index (χ1n) is 8.95. The fraction of sp³-hybridized carbons (Fsp3) is 0.0909. The SMILES string of the molecule is Clc1ccc(NCc2nnc(SCc3ccccc3)n2-c2ccccc2)cc1. The Bertz CT molecular complexity index is 1020. The minimum absolute atomic E-state index is 0.565. The third-order valence-corrected chi connectivity index (χ3v) is 5.47. The number of hydrogen-bond donors (Lipinski definition) is 1. The van der Waals surface area contributed by atoms with Crippen LogP contribution in [0.3, 0.4) is 0 Å². The Kier molecular flexibility index (Phi) is 5.95. The van der Waals surface area contributed by atoms with Gasteiger partial charge in [-0.3, -0.25) is 4.57 Å². The molecule has 0 fully saturated rings. The number of rotatable bonds is 7. The molecule has 6 heteroatoms. The summed E-state index contributed by atoms with van der Waals surface area (Å²) in [6.07, 6.45) is 0. The predicted octanol–water partition coefficient (Wildman–Crippen LogP) is 5.83. The topological polar surface area (TPSA) is 42.7 Å². The Hall–Kier alpha value is -2.76. The van der Waals surface area contributed by atoms with Crippen LogP contribution < -0.4 is 5.32 Å². The van der Waals surface area contributed by atoms with E-state index in [0.29, 0.717) is 6.54 Å². The fourth-order valence-electron chi connectivity index (χ4n) is 2.82. The average Bonchev–Trinajstić information content (AvgIpc) is 3.16. The van der Waals surface area contributed by atoms with Gasteiger partial charge in [-0.2, -0.15) is 0 Å². The smallest absolute Gasteiger partial charge is 0.196 e. The summed E-state index contributed by atoms with van der Waals surface area (Å²) >= 11 is 7.65. The largest absolute Gasteiger partial charge is 0.378 e. The molecule has 0 atom stereocenters. The summed E-state index contributed by atoms with van der Waals surface area (Å²) in [5.74, 6) is 1.70. The molecule has 1 aromatic heterocycles. The van der Waals surface area contributed by atoms with E-state index in [9.17, 15) is 0 Å². The van der Waals surface area contributed by atoms with E-state index in [-0.39, 0.29) is 0 Å². The van der Waals surface area contributed by atoms with Crippen molar-refractivity contribution < 1.29 is 0 Å². The molecule has 0 aliphatic heterocycles. The molecule has 4 nitrogen and oxygen atoms in total. The van der Waals surface area contributed by atoms with Crippen molar-refractivity contribution in [3.63, 3.8) is 0 Å². The second-order valence-electron chi connectivity index (χ2n) is 6.20. The van der Waals surface area contributed by atoms with Crippen LogP contribution in [0.25, 0.3) is 5.69 Å². The van der Waals surface area contributed by atoms with Gasteiger partial charge in [0, 0.05) is 22.2 Å². The van der Waals surface area contributed by atoms with Crippen molar-refractivity contribution in [1.82, 2.24) is 14.8 Å². The predicted molar refractivity (Wildman–Crippen MR) is 116 cm³/mol. The molecule has 0 unspecified atom stereocenters. The maximum Gasteiger partial charge on any atom is 0.196 e. The summed E-state index contributed by atoms with van der Waals surface area (Å²) in [6.45, 7) is 0.565. The van der Waals surface area contributed by atoms with Crippen molar-refractivity contribution in [2.24, 2.45) is 0 Å². The van der Waals surface area contributed by atoms with E-state index in [1.165, 1.54) is 5.56 Å². The highest BCUT2D eigenvalue weighted by atomic mass is 35.5. The molecule has 0 saturated heterocycles. The van der Waals surface area contributed by atoms with Gasteiger partial charge in [-0.25, -0.2) is 0 Å². The molecule has 140 valence electrons. The third kappa shape index (κ3) is 4.55. The minimum atomic E-state index is 0.565. The van der Waals surface area contributed by atoms with Gasteiger partial charge in [-0.15, -0.1) is 10.2 Å². The van der Waals surface area contributed by atoms with Crippen molar-refractivity contribution >= 4 is 29.1 Å². The number of anilines is 1. The summed E-state index contributed by atoms with van der Waals surface area (Å²) in [5, 5.41) is 13.9. The van der Waals surface area contributed by atoms with E-state index < -0.39 is 0 Å². The van der Waals surface area contributed by atoms with Crippen LogP contribution in [0.5, 0.6) is 0 Å². The van der Waals surface area contributed by atoms with E-state index in [0.717, 1.165) is 33.1 Å². The molecule has 0 aliphatic carbocycles. The van der Waals surface area contributed by atoms with Crippen LogP contribution >= 0.6 is 23.4 Å². The molecule has 0 aliphatic rings. The number of nitrogens with one attached hydrogen (secondary N) is 1. The average molecular weight is 407 g/mol.